The molecule has 6 heteroatoms. The molecule has 0 spiro atoms. The van der Waals surface area contributed by atoms with Crippen molar-refractivity contribution in [1.82, 2.24) is 0 Å². The zero-order valence-electron chi connectivity index (χ0n) is 10.2. The Hall–Kier alpha value is -0.590. The summed E-state index contributed by atoms with van der Waals surface area (Å²) in [7, 11) is -1.27. The molecule has 0 aliphatic heterocycles. The minimum Gasteiger partial charge on any atom is -0.496 e. The number of thiophene rings is 1. The molecule has 0 fully saturated rings. The van der Waals surface area contributed by atoms with Crippen molar-refractivity contribution in [2.24, 2.45) is 5.73 Å². The van der Waals surface area contributed by atoms with Crippen molar-refractivity contribution in [1.29, 1.82) is 0 Å². The number of hydrogen-bond acceptors (Lipinski definition) is 5. The number of ether oxygens (including phenoxy) is 1. The van der Waals surface area contributed by atoms with Crippen LogP contribution >= 0.6 is 11.3 Å². The third kappa shape index (κ3) is 4.29. The summed E-state index contributed by atoms with van der Waals surface area (Å²) in [4.78, 5) is 0.987. The van der Waals surface area contributed by atoms with E-state index in [0.29, 0.717) is 12.8 Å². The van der Waals surface area contributed by atoms with Crippen molar-refractivity contribution >= 4 is 21.2 Å². The smallest absolute Gasteiger partial charge is 0.150 e. The summed E-state index contributed by atoms with van der Waals surface area (Å²) < 4.78 is 27.8. The molecule has 1 atom stereocenters. The fourth-order valence-corrected chi connectivity index (χ4v) is 3.34. The van der Waals surface area contributed by atoms with Gasteiger partial charge in [-0.15, -0.1) is 11.3 Å². The van der Waals surface area contributed by atoms with Gasteiger partial charge in [0.25, 0.3) is 0 Å². The summed E-state index contributed by atoms with van der Waals surface area (Å²) in [6, 6.07) is 1.74. The molecule has 1 unspecified atom stereocenters. The normalized spacial score (nSPS) is 13.6. The number of sulfone groups is 1. The standard InChI is InChI=1S/C11H19NO3S2/c1-3-17(13,14)8-4-5-9(12)11-10(15-2)6-7-16-11/h6-7,9H,3-5,8,12H2,1-2H3. The van der Waals surface area contributed by atoms with Gasteiger partial charge in [0.2, 0.25) is 0 Å². The molecule has 0 saturated heterocycles. The first-order valence-electron chi connectivity index (χ1n) is 5.57. The molecule has 0 aliphatic carbocycles. The van der Waals surface area contributed by atoms with Gasteiger partial charge in [0.05, 0.1) is 17.7 Å². The maximum absolute atomic E-state index is 11.3. The molecule has 0 aliphatic rings. The molecular formula is C11H19NO3S2. The highest BCUT2D eigenvalue weighted by Gasteiger charge is 2.15. The summed E-state index contributed by atoms with van der Waals surface area (Å²) in [5.41, 5.74) is 6.02. The van der Waals surface area contributed by atoms with E-state index >= 15 is 0 Å². The third-order valence-electron chi connectivity index (χ3n) is 2.62. The van der Waals surface area contributed by atoms with Gasteiger partial charge < -0.3 is 10.5 Å². The minimum absolute atomic E-state index is 0.142. The van der Waals surface area contributed by atoms with Gasteiger partial charge in [-0.2, -0.15) is 0 Å². The fourth-order valence-electron chi connectivity index (χ4n) is 1.55. The molecule has 0 aromatic carbocycles. The molecule has 1 heterocycles. The van der Waals surface area contributed by atoms with Crippen molar-refractivity contribution in [3.63, 3.8) is 0 Å². The van der Waals surface area contributed by atoms with Crippen molar-refractivity contribution in [3.8, 4) is 5.75 Å². The largest absolute Gasteiger partial charge is 0.496 e. The average molecular weight is 277 g/mol. The van der Waals surface area contributed by atoms with E-state index in [-0.39, 0.29) is 17.5 Å². The Morgan fingerprint density at radius 3 is 2.82 bits per heavy atom. The number of rotatable bonds is 7. The summed E-state index contributed by atoms with van der Waals surface area (Å²) in [5, 5.41) is 1.93. The fraction of sp³-hybridized carbons (Fsp3) is 0.636. The summed E-state index contributed by atoms with van der Waals surface area (Å²) in [6.45, 7) is 1.66. The Bertz CT molecular complexity index is 439. The summed E-state index contributed by atoms with van der Waals surface area (Å²) in [6.07, 6.45) is 1.26. The molecule has 1 aromatic rings. The molecular weight excluding hydrogens is 258 g/mol. The van der Waals surface area contributed by atoms with Gasteiger partial charge in [0.15, 0.2) is 0 Å². The lowest BCUT2D eigenvalue weighted by molar-refractivity contribution is 0.407. The third-order valence-corrected chi connectivity index (χ3v) is 5.44. The number of methoxy groups -OCH3 is 1. The highest BCUT2D eigenvalue weighted by Crippen LogP contribution is 2.31. The van der Waals surface area contributed by atoms with E-state index in [1.54, 1.807) is 25.4 Å². The van der Waals surface area contributed by atoms with Crippen molar-refractivity contribution in [3.05, 3.63) is 16.3 Å². The Labute approximate surface area is 107 Å². The lowest BCUT2D eigenvalue weighted by Crippen LogP contribution is -2.14. The molecule has 0 amide bonds. The molecule has 1 aromatic heterocycles. The first-order chi connectivity index (χ1) is 8.00. The van der Waals surface area contributed by atoms with Crippen LogP contribution in [0, 0.1) is 0 Å². The van der Waals surface area contributed by atoms with Crippen LogP contribution in [0.4, 0.5) is 0 Å². The van der Waals surface area contributed by atoms with Crippen LogP contribution in [0.3, 0.4) is 0 Å². The lowest BCUT2D eigenvalue weighted by Gasteiger charge is -2.11. The Kier molecular flexibility index (Phi) is 5.42. The summed E-state index contributed by atoms with van der Waals surface area (Å²) in [5.74, 6) is 1.20. The van der Waals surface area contributed by atoms with Crippen LogP contribution in [-0.2, 0) is 9.84 Å². The van der Waals surface area contributed by atoms with Crippen molar-refractivity contribution < 1.29 is 13.2 Å². The first-order valence-corrected chi connectivity index (χ1v) is 8.27. The zero-order valence-corrected chi connectivity index (χ0v) is 11.8. The Morgan fingerprint density at radius 1 is 1.53 bits per heavy atom. The SMILES string of the molecule is CCS(=O)(=O)CCCC(N)c1sccc1OC. The molecule has 1 rings (SSSR count). The van der Waals surface area contributed by atoms with Crippen LogP contribution in [-0.4, -0.2) is 27.0 Å². The van der Waals surface area contributed by atoms with Crippen LogP contribution in [0.5, 0.6) is 5.75 Å². The molecule has 4 nitrogen and oxygen atoms in total. The molecule has 0 saturated carbocycles. The Balaban J connectivity index is 2.48. The lowest BCUT2D eigenvalue weighted by atomic mass is 10.1. The van der Waals surface area contributed by atoms with Gasteiger partial charge >= 0.3 is 0 Å². The first kappa shape index (κ1) is 14.5. The minimum atomic E-state index is -2.88. The molecule has 2 N–H and O–H groups in total. The number of nitrogens with two attached hydrogens (primary N) is 1. The second-order valence-corrected chi connectivity index (χ2v) is 7.26. The van der Waals surface area contributed by atoms with Crippen LogP contribution in [0.1, 0.15) is 30.7 Å². The maximum Gasteiger partial charge on any atom is 0.150 e. The zero-order chi connectivity index (χ0) is 12.9. The molecule has 98 valence electrons. The van der Waals surface area contributed by atoms with E-state index in [9.17, 15) is 8.42 Å². The average Bonchev–Trinajstić information content (AvgIpc) is 2.76. The predicted molar refractivity (Wildman–Crippen MR) is 71.4 cm³/mol. The van der Waals surface area contributed by atoms with Gasteiger partial charge in [0, 0.05) is 11.8 Å². The van der Waals surface area contributed by atoms with E-state index in [1.807, 2.05) is 11.4 Å². The van der Waals surface area contributed by atoms with Crippen LogP contribution in [0.25, 0.3) is 0 Å². The van der Waals surface area contributed by atoms with Crippen molar-refractivity contribution in [2.75, 3.05) is 18.6 Å². The molecule has 17 heavy (non-hydrogen) atoms. The van der Waals surface area contributed by atoms with Crippen LogP contribution in [0.15, 0.2) is 11.4 Å². The molecule has 0 radical (unpaired) electrons. The highest BCUT2D eigenvalue weighted by molar-refractivity contribution is 7.91. The topological polar surface area (TPSA) is 69.4 Å². The van der Waals surface area contributed by atoms with E-state index in [0.717, 1.165) is 10.6 Å². The van der Waals surface area contributed by atoms with Crippen LogP contribution < -0.4 is 10.5 Å². The van der Waals surface area contributed by atoms with Gasteiger partial charge in [-0.3, -0.25) is 0 Å². The quantitative estimate of drug-likeness (QED) is 0.827. The predicted octanol–water partition coefficient (Wildman–Crippen LogP) is 1.97. The van der Waals surface area contributed by atoms with E-state index in [1.165, 1.54) is 0 Å². The van der Waals surface area contributed by atoms with E-state index in [2.05, 4.69) is 0 Å². The monoisotopic (exact) mass is 277 g/mol. The van der Waals surface area contributed by atoms with Gasteiger partial charge in [0.1, 0.15) is 15.6 Å². The van der Waals surface area contributed by atoms with Gasteiger partial charge in [-0.1, -0.05) is 6.92 Å². The van der Waals surface area contributed by atoms with Crippen molar-refractivity contribution in [2.45, 2.75) is 25.8 Å². The van der Waals surface area contributed by atoms with Gasteiger partial charge in [-0.25, -0.2) is 8.42 Å². The summed E-state index contributed by atoms with van der Waals surface area (Å²) >= 11 is 1.55. The highest BCUT2D eigenvalue weighted by atomic mass is 32.2. The van der Waals surface area contributed by atoms with Gasteiger partial charge in [-0.05, 0) is 24.3 Å². The van der Waals surface area contributed by atoms with E-state index in [4.69, 9.17) is 10.5 Å². The maximum atomic E-state index is 11.3. The molecule has 0 bridgehead atoms. The number of hydrogen-bond donors (Lipinski definition) is 1. The Morgan fingerprint density at radius 2 is 2.24 bits per heavy atom. The van der Waals surface area contributed by atoms with E-state index < -0.39 is 9.84 Å². The second kappa shape index (κ2) is 6.37. The van der Waals surface area contributed by atoms with Crippen LogP contribution in [0.2, 0.25) is 0 Å². The second-order valence-electron chi connectivity index (χ2n) is 3.84.